The molecule has 43 heavy (non-hydrogen) atoms. The predicted octanol–water partition coefficient (Wildman–Crippen LogP) is 3.72. The average molecular weight is 622 g/mol. The zero-order valence-corrected chi connectivity index (χ0v) is 23.5. The van der Waals surface area contributed by atoms with Gasteiger partial charge in [-0.15, -0.1) is 0 Å². The van der Waals surface area contributed by atoms with Gasteiger partial charge >= 0.3 is 24.1 Å². The van der Waals surface area contributed by atoms with E-state index in [0.717, 1.165) is 18.4 Å². The van der Waals surface area contributed by atoms with Crippen molar-refractivity contribution in [1.82, 2.24) is 25.6 Å². The lowest BCUT2D eigenvalue weighted by atomic mass is 10.1. The number of hydrogen-bond donors (Lipinski definition) is 4. The number of esters is 1. The van der Waals surface area contributed by atoms with Crippen LogP contribution in [0.4, 0.5) is 30.8 Å². The second-order valence-electron chi connectivity index (χ2n) is 9.32. The maximum absolute atomic E-state index is 12.8. The van der Waals surface area contributed by atoms with Gasteiger partial charge in [0.25, 0.3) is 5.91 Å². The molecule has 0 radical (unpaired) electrons. The van der Waals surface area contributed by atoms with Gasteiger partial charge in [-0.05, 0) is 61.7 Å². The topological polar surface area (TPSA) is 156 Å². The zero-order chi connectivity index (χ0) is 31.0. The summed E-state index contributed by atoms with van der Waals surface area (Å²) in [5.41, 5.74) is 1.12. The fourth-order valence-corrected chi connectivity index (χ4v) is 3.96. The Bertz CT molecular complexity index is 1450. The van der Waals surface area contributed by atoms with E-state index < -0.39 is 42.1 Å². The number of anilines is 3. The van der Waals surface area contributed by atoms with Gasteiger partial charge in [0.2, 0.25) is 11.9 Å². The van der Waals surface area contributed by atoms with Crippen molar-refractivity contribution < 1.29 is 37.0 Å². The molecule has 1 aliphatic carbocycles. The average Bonchev–Trinajstić information content (AvgIpc) is 3.74. The number of ether oxygens (including phenoxy) is 2. The Morgan fingerprint density at radius 2 is 1.58 bits per heavy atom. The molecule has 0 unspecified atom stereocenters. The van der Waals surface area contributed by atoms with Crippen LogP contribution < -0.4 is 26.0 Å². The molecule has 16 heteroatoms. The zero-order valence-electron chi connectivity index (χ0n) is 22.8. The van der Waals surface area contributed by atoms with Crippen molar-refractivity contribution in [3.8, 4) is 6.01 Å². The molecule has 1 saturated carbocycles. The molecule has 2 aromatic carbocycles. The molecule has 4 rings (SSSR count). The molecule has 3 aromatic rings. The molecular formula is C27H27ClF3N7O5. The van der Waals surface area contributed by atoms with Gasteiger partial charge in [0.1, 0.15) is 0 Å². The summed E-state index contributed by atoms with van der Waals surface area (Å²) in [7, 11) is 0. The minimum Gasteiger partial charge on any atom is -0.459 e. The van der Waals surface area contributed by atoms with Crippen molar-refractivity contribution in [2.45, 2.75) is 31.5 Å². The van der Waals surface area contributed by atoms with Crippen molar-refractivity contribution in [1.29, 1.82) is 0 Å². The molecule has 0 atom stereocenters. The van der Waals surface area contributed by atoms with Crippen LogP contribution in [-0.4, -0.2) is 65.2 Å². The van der Waals surface area contributed by atoms with Crippen LogP contribution in [0.2, 0.25) is 5.02 Å². The third-order valence-electron chi connectivity index (χ3n) is 6.04. The first-order valence-electron chi connectivity index (χ1n) is 13.1. The Hall–Kier alpha value is -4.66. The molecule has 12 nitrogen and oxygen atoms in total. The number of halogens is 4. The van der Waals surface area contributed by atoms with E-state index in [2.05, 4.69) is 41.0 Å². The highest BCUT2D eigenvalue weighted by Gasteiger charge is 2.45. The lowest BCUT2D eigenvalue weighted by molar-refractivity contribution is -0.154. The minimum atomic E-state index is -4.60. The monoisotopic (exact) mass is 621 g/mol. The van der Waals surface area contributed by atoms with Crippen LogP contribution in [0, 0.1) is 0 Å². The highest BCUT2D eigenvalue weighted by Crippen LogP contribution is 2.48. The van der Waals surface area contributed by atoms with E-state index >= 15 is 0 Å². The molecule has 0 saturated heterocycles. The van der Waals surface area contributed by atoms with E-state index in [0.29, 0.717) is 10.7 Å². The summed E-state index contributed by atoms with van der Waals surface area (Å²) in [4.78, 5) is 47.5. The van der Waals surface area contributed by atoms with Crippen molar-refractivity contribution in [2.24, 2.45) is 0 Å². The third-order valence-corrected chi connectivity index (χ3v) is 6.29. The van der Waals surface area contributed by atoms with Crippen molar-refractivity contribution in [2.75, 3.05) is 36.9 Å². The quantitative estimate of drug-likeness (QED) is 0.134. The first-order valence-corrected chi connectivity index (χ1v) is 13.4. The Balaban J connectivity index is 1.41. The Morgan fingerprint density at radius 3 is 2.21 bits per heavy atom. The van der Waals surface area contributed by atoms with Gasteiger partial charge in [0.05, 0.1) is 12.1 Å². The third kappa shape index (κ3) is 9.16. The van der Waals surface area contributed by atoms with Crippen molar-refractivity contribution in [3.63, 3.8) is 0 Å². The number of carbonyl (C=O) groups is 3. The lowest BCUT2D eigenvalue weighted by Gasteiger charge is -2.19. The number of hydrogen-bond acceptors (Lipinski definition) is 10. The summed E-state index contributed by atoms with van der Waals surface area (Å²) in [6, 6.07) is 12.7. The molecule has 0 aliphatic heterocycles. The Kier molecular flexibility index (Phi) is 9.85. The highest BCUT2D eigenvalue weighted by atomic mass is 35.5. The number of nitrogens with zero attached hydrogens (tertiary/aromatic N) is 3. The van der Waals surface area contributed by atoms with Crippen molar-refractivity contribution >= 4 is 47.0 Å². The molecule has 4 N–H and O–H groups in total. The number of amides is 2. The Labute approximate surface area is 248 Å². The summed E-state index contributed by atoms with van der Waals surface area (Å²) in [5, 5.41) is 11.6. The second-order valence-corrected chi connectivity index (χ2v) is 9.75. The lowest BCUT2D eigenvalue weighted by Crippen LogP contribution is -2.38. The molecule has 1 heterocycles. The van der Waals surface area contributed by atoms with Gasteiger partial charge in [0.15, 0.2) is 6.61 Å². The summed E-state index contributed by atoms with van der Waals surface area (Å²) in [5.74, 6) is -2.44. The number of rotatable bonds is 12. The summed E-state index contributed by atoms with van der Waals surface area (Å²) < 4.78 is 47.8. The summed E-state index contributed by atoms with van der Waals surface area (Å²) >= 11 is 6.00. The van der Waals surface area contributed by atoms with E-state index in [9.17, 15) is 27.6 Å². The number of benzene rings is 2. The Morgan fingerprint density at radius 1 is 0.930 bits per heavy atom. The van der Waals surface area contributed by atoms with Crippen LogP contribution in [0.15, 0.2) is 48.5 Å². The molecule has 0 bridgehead atoms. The first kappa shape index (κ1) is 31.3. The van der Waals surface area contributed by atoms with Gasteiger partial charge in [0, 0.05) is 29.4 Å². The summed E-state index contributed by atoms with van der Waals surface area (Å²) in [6.45, 7) is 0.119. The summed E-state index contributed by atoms with van der Waals surface area (Å²) in [6.07, 6.45) is -3.12. The van der Waals surface area contributed by atoms with Crippen LogP contribution >= 0.6 is 11.6 Å². The molecule has 228 valence electrons. The second kappa shape index (κ2) is 13.5. The maximum Gasteiger partial charge on any atom is 0.422 e. The van der Waals surface area contributed by atoms with Crippen LogP contribution in [-0.2, 0) is 19.9 Å². The van der Waals surface area contributed by atoms with Crippen LogP contribution in [0.25, 0.3) is 0 Å². The minimum absolute atomic E-state index is 0.00756. The fourth-order valence-electron chi connectivity index (χ4n) is 3.83. The van der Waals surface area contributed by atoms with Gasteiger partial charge in [-0.3, -0.25) is 9.59 Å². The molecular weight excluding hydrogens is 595 g/mol. The van der Waals surface area contributed by atoms with E-state index in [1.54, 1.807) is 31.2 Å². The molecule has 2 amide bonds. The first-order chi connectivity index (χ1) is 20.5. The smallest absolute Gasteiger partial charge is 0.422 e. The van der Waals surface area contributed by atoms with E-state index in [1.807, 2.05) is 12.1 Å². The normalized spacial score (nSPS) is 13.4. The number of alkyl halides is 3. The standard InChI is InChI=1S/C27H27ClF3N7O5/c1-2-42-22(41)21(40)33-14-13-32-20(39)16-3-9-19(10-4-16)34-23-35-24(37-25(36-23)43-15-27(29,30)31)38-26(11-12-26)17-5-7-18(28)8-6-17/h3-10H,2,11-15H2,1H3,(H,32,39)(H,33,40)(H2,34,35,36,37,38). The van der Waals surface area contributed by atoms with Crippen LogP contribution in [0.5, 0.6) is 6.01 Å². The SMILES string of the molecule is CCOC(=O)C(=O)NCCNC(=O)c1ccc(Nc2nc(NC3(c4ccc(Cl)cc4)CC3)nc(OCC(F)(F)F)n2)cc1. The highest BCUT2D eigenvalue weighted by molar-refractivity contribution is 6.32. The van der Waals surface area contributed by atoms with Crippen LogP contribution in [0.1, 0.15) is 35.7 Å². The van der Waals surface area contributed by atoms with Gasteiger partial charge < -0.3 is 30.7 Å². The number of nitrogens with one attached hydrogen (secondary N) is 4. The predicted molar refractivity (Wildman–Crippen MR) is 149 cm³/mol. The number of carbonyl (C=O) groups excluding carboxylic acids is 3. The molecule has 0 spiro atoms. The van der Waals surface area contributed by atoms with Gasteiger partial charge in [-0.1, -0.05) is 23.7 Å². The maximum atomic E-state index is 12.8. The largest absolute Gasteiger partial charge is 0.459 e. The van der Waals surface area contributed by atoms with E-state index in [4.69, 9.17) is 16.3 Å². The van der Waals surface area contributed by atoms with Crippen LogP contribution in [0.3, 0.4) is 0 Å². The molecule has 1 aromatic heterocycles. The number of aromatic nitrogens is 3. The fraction of sp³-hybridized carbons (Fsp3) is 0.333. The van der Waals surface area contributed by atoms with E-state index in [1.165, 1.54) is 12.1 Å². The van der Waals surface area contributed by atoms with Gasteiger partial charge in [-0.2, -0.15) is 28.1 Å². The molecule has 1 fully saturated rings. The van der Waals surface area contributed by atoms with Crippen molar-refractivity contribution in [3.05, 3.63) is 64.7 Å². The van der Waals surface area contributed by atoms with E-state index in [-0.39, 0.29) is 37.2 Å². The van der Waals surface area contributed by atoms with Gasteiger partial charge in [-0.25, -0.2) is 4.79 Å². The molecule has 1 aliphatic rings.